The van der Waals surface area contributed by atoms with Gasteiger partial charge in [-0.2, -0.15) is 0 Å². The van der Waals surface area contributed by atoms with Crippen LogP contribution in [0.2, 0.25) is 0 Å². The Morgan fingerprint density at radius 3 is 2.08 bits per heavy atom. The molecule has 0 bridgehead atoms. The standard InChI is InChI=1S/C9H12F2N2/c1-9(2,3)7-5-12-6(4-13-7)8(10)11/h4-5,8H,1-3H3. The lowest BCUT2D eigenvalue weighted by atomic mass is 9.93. The van der Waals surface area contributed by atoms with Crippen molar-refractivity contribution in [2.45, 2.75) is 32.6 Å². The summed E-state index contributed by atoms with van der Waals surface area (Å²) in [4.78, 5) is 7.56. The Morgan fingerprint density at radius 1 is 1.15 bits per heavy atom. The van der Waals surface area contributed by atoms with E-state index in [2.05, 4.69) is 9.97 Å². The van der Waals surface area contributed by atoms with Crippen LogP contribution in [0.5, 0.6) is 0 Å². The van der Waals surface area contributed by atoms with Crippen molar-refractivity contribution in [2.24, 2.45) is 0 Å². The average Bonchev–Trinajstić information content (AvgIpc) is 2.03. The van der Waals surface area contributed by atoms with Crippen LogP contribution in [0, 0.1) is 0 Å². The zero-order valence-corrected chi connectivity index (χ0v) is 7.88. The highest BCUT2D eigenvalue weighted by Gasteiger charge is 2.17. The van der Waals surface area contributed by atoms with Gasteiger partial charge in [0.15, 0.2) is 0 Å². The van der Waals surface area contributed by atoms with Crippen LogP contribution in [0.3, 0.4) is 0 Å². The van der Waals surface area contributed by atoms with Crippen LogP contribution >= 0.6 is 0 Å². The van der Waals surface area contributed by atoms with E-state index in [9.17, 15) is 8.78 Å². The first-order valence-electron chi connectivity index (χ1n) is 4.02. The van der Waals surface area contributed by atoms with E-state index >= 15 is 0 Å². The van der Waals surface area contributed by atoms with E-state index in [-0.39, 0.29) is 11.1 Å². The highest BCUT2D eigenvalue weighted by atomic mass is 19.3. The van der Waals surface area contributed by atoms with Gasteiger partial charge in [0.25, 0.3) is 6.43 Å². The molecule has 0 unspecified atom stereocenters. The van der Waals surface area contributed by atoms with Crippen LogP contribution in [0.15, 0.2) is 12.4 Å². The summed E-state index contributed by atoms with van der Waals surface area (Å²) in [6.07, 6.45) is -0.00579. The Morgan fingerprint density at radius 2 is 1.77 bits per heavy atom. The van der Waals surface area contributed by atoms with Gasteiger partial charge in [0.05, 0.1) is 11.9 Å². The molecule has 0 aromatic carbocycles. The second-order valence-corrected chi connectivity index (χ2v) is 3.88. The van der Waals surface area contributed by atoms with Gasteiger partial charge >= 0.3 is 0 Å². The lowest BCUT2D eigenvalue weighted by molar-refractivity contribution is 0.145. The summed E-state index contributed by atoms with van der Waals surface area (Å²) in [5.41, 5.74) is 0.304. The molecule has 1 aromatic rings. The molecule has 72 valence electrons. The summed E-state index contributed by atoms with van der Waals surface area (Å²) in [7, 11) is 0. The molecule has 0 aliphatic rings. The fraction of sp³-hybridized carbons (Fsp3) is 0.556. The fourth-order valence-electron chi connectivity index (χ4n) is 0.838. The Balaban J connectivity index is 2.94. The molecule has 0 atom stereocenters. The van der Waals surface area contributed by atoms with Crippen molar-refractivity contribution in [3.63, 3.8) is 0 Å². The summed E-state index contributed by atoms with van der Waals surface area (Å²) in [5.74, 6) is 0. The molecule has 0 aliphatic heterocycles. The molecule has 13 heavy (non-hydrogen) atoms. The quantitative estimate of drug-likeness (QED) is 0.673. The van der Waals surface area contributed by atoms with Gasteiger partial charge in [-0.3, -0.25) is 9.97 Å². The Hall–Kier alpha value is -1.06. The van der Waals surface area contributed by atoms with Gasteiger partial charge in [-0.15, -0.1) is 0 Å². The van der Waals surface area contributed by atoms with Gasteiger partial charge in [0, 0.05) is 11.6 Å². The molecule has 0 amide bonds. The van der Waals surface area contributed by atoms with Crippen molar-refractivity contribution in [3.8, 4) is 0 Å². The van der Waals surface area contributed by atoms with E-state index in [0.717, 1.165) is 11.9 Å². The van der Waals surface area contributed by atoms with E-state index in [4.69, 9.17) is 0 Å². The molecule has 4 heteroatoms. The molecular weight excluding hydrogens is 174 g/mol. The zero-order chi connectivity index (χ0) is 10.1. The van der Waals surface area contributed by atoms with Gasteiger partial charge < -0.3 is 0 Å². The molecule has 1 aromatic heterocycles. The summed E-state index contributed by atoms with van der Waals surface area (Å²) >= 11 is 0. The number of hydrogen-bond donors (Lipinski definition) is 0. The normalized spacial score (nSPS) is 12.2. The molecule has 0 saturated heterocycles. The maximum atomic E-state index is 12.1. The van der Waals surface area contributed by atoms with Crippen LogP contribution in [0.1, 0.15) is 38.6 Å². The van der Waals surface area contributed by atoms with Gasteiger partial charge in [-0.25, -0.2) is 8.78 Å². The highest BCUT2D eigenvalue weighted by Crippen LogP contribution is 2.21. The molecule has 0 aliphatic carbocycles. The van der Waals surface area contributed by atoms with E-state index in [1.807, 2.05) is 20.8 Å². The summed E-state index contributed by atoms with van der Waals surface area (Å²) in [6, 6.07) is 0. The van der Waals surface area contributed by atoms with Crippen molar-refractivity contribution < 1.29 is 8.78 Å². The number of nitrogens with zero attached hydrogens (tertiary/aromatic N) is 2. The first-order valence-corrected chi connectivity index (χ1v) is 4.02. The van der Waals surface area contributed by atoms with E-state index in [1.54, 1.807) is 0 Å². The molecule has 0 spiro atoms. The molecule has 0 fully saturated rings. The fourth-order valence-corrected chi connectivity index (χ4v) is 0.838. The molecule has 1 rings (SSSR count). The van der Waals surface area contributed by atoms with Crippen LogP contribution in [0.25, 0.3) is 0 Å². The Kier molecular flexibility index (Phi) is 2.59. The van der Waals surface area contributed by atoms with Crippen molar-refractivity contribution in [1.29, 1.82) is 0 Å². The summed E-state index contributed by atoms with van der Waals surface area (Å²) in [6.45, 7) is 5.87. The van der Waals surface area contributed by atoms with Crippen LogP contribution in [-0.4, -0.2) is 9.97 Å². The van der Waals surface area contributed by atoms with Gasteiger partial charge in [0.2, 0.25) is 0 Å². The minimum atomic E-state index is -2.54. The Bertz CT molecular complexity index is 275. The monoisotopic (exact) mass is 186 g/mol. The van der Waals surface area contributed by atoms with Crippen molar-refractivity contribution in [3.05, 3.63) is 23.8 Å². The first-order chi connectivity index (χ1) is 5.91. The predicted molar refractivity (Wildman–Crippen MR) is 45.7 cm³/mol. The largest absolute Gasteiger partial charge is 0.281 e. The molecular formula is C9H12F2N2. The number of rotatable bonds is 1. The minimum absolute atomic E-state index is 0.145. The number of alkyl halides is 2. The molecule has 2 nitrogen and oxygen atoms in total. The lowest BCUT2D eigenvalue weighted by Gasteiger charge is -2.16. The maximum Gasteiger partial charge on any atom is 0.281 e. The first kappa shape index (κ1) is 10.0. The zero-order valence-electron chi connectivity index (χ0n) is 7.88. The van der Waals surface area contributed by atoms with Crippen molar-refractivity contribution in [1.82, 2.24) is 9.97 Å². The number of hydrogen-bond acceptors (Lipinski definition) is 2. The second-order valence-electron chi connectivity index (χ2n) is 3.88. The van der Waals surface area contributed by atoms with E-state index in [1.165, 1.54) is 6.20 Å². The van der Waals surface area contributed by atoms with Crippen LogP contribution in [0.4, 0.5) is 8.78 Å². The van der Waals surface area contributed by atoms with Gasteiger partial charge in [-0.05, 0) is 0 Å². The SMILES string of the molecule is CC(C)(C)c1cnc(C(F)F)cn1. The second kappa shape index (κ2) is 3.36. The van der Waals surface area contributed by atoms with E-state index < -0.39 is 6.43 Å². The maximum absolute atomic E-state index is 12.1. The molecule has 0 radical (unpaired) electrons. The predicted octanol–water partition coefficient (Wildman–Crippen LogP) is 2.71. The van der Waals surface area contributed by atoms with Crippen molar-refractivity contribution in [2.75, 3.05) is 0 Å². The molecule has 0 N–H and O–H groups in total. The van der Waals surface area contributed by atoms with Crippen LogP contribution in [-0.2, 0) is 5.41 Å². The summed E-state index contributed by atoms with van der Waals surface area (Å²) < 4.78 is 24.2. The van der Waals surface area contributed by atoms with E-state index in [0.29, 0.717) is 0 Å². The summed E-state index contributed by atoms with van der Waals surface area (Å²) in [5, 5.41) is 0. The third-order valence-corrected chi connectivity index (χ3v) is 1.66. The Labute approximate surface area is 76.0 Å². The van der Waals surface area contributed by atoms with Crippen molar-refractivity contribution >= 4 is 0 Å². The lowest BCUT2D eigenvalue weighted by Crippen LogP contribution is -2.14. The third-order valence-electron chi connectivity index (χ3n) is 1.66. The topological polar surface area (TPSA) is 25.8 Å². The molecule has 0 saturated carbocycles. The number of aromatic nitrogens is 2. The minimum Gasteiger partial charge on any atom is -0.257 e. The number of halogens is 2. The molecule has 1 heterocycles. The average molecular weight is 186 g/mol. The van der Waals surface area contributed by atoms with Gasteiger partial charge in [0.1, 0.15) is 5.69 Å². The third kappa shape index (κ3) is 2.44. The highest BCUT2D eigenvalue weighted by molar-refractivity contribution is 5.11. The van der Waals surface area contributed by atoms with Crippen LogP contribution < -0.4 is 0 Å². The van der Waals surface area contributed by atoms with Gasteiger partial charge in [-0.1, -0.05) is 20.8 Å². The smallest absolute Gasteiger partial charge is 0.257 e.